The lowest BCUT2D eigenvalue weighted by atomic mass is 10.2. The van der Waals surface area contributed by atoms with E-state index in [1.807, 2.05) is 33.2 Å². The molecule has 0 unspecified atom stereocenters. The van der Waals surface area contributed by atoms with E-state index in [0.29, 0.717) is 30.8 Å². The van der Waals surface area contributed by atoms with E-state index in [1.54, 1.807) is 9.36 Å². The Kier molecular flexibility index (Phi) is 3.96. The van der Waals surface area contributed by atoms with Crippen LogP contribution in [-0.2, 0) is 36.5 Å². The molecule has 110 valence electrons. The summed E-state index contributed by atoms with van der Waals surface area (Å²) in [6.45, 7) is 4.19. The number of hydrogen-bond acceptors (Lipinski definition) is 4. The highest BCUT2D eigenvalue weighted by atomic mass is 32.2. The van der Waals surface area contributed by atoms with Gasteiger partial charge in [-0.15, -0.1) is 0 Å². The van der Waals surface area contributed by atoms with Gasteiger partial charge in [-0.1, -0.05) is 13.8 Å². The van der Waals surface area contributed by atoms with Gasteiger partial charge in [-0.2, -0.15) is 10.2 Å². The lowest BCUT2D eigenvalue weighted by Crippen LogP contribution is -2.16. The van der Waals surface area contributed by atoms with Crippen molar-refractivity contribution in [1.29, 1.82) is 0 Å². The lowest BCUT2D eigenvalue weighted by molar-refractivity contribution is 0.592. The van der Waals surface area contributed by atoms with Crippen LogP contribution in [0.5, 0.6) is 0 Å². The van der Waals surface area contributed by atoms with Crippen LogP contribution in [0.15, 0.2) is 17.2 Å². The fourth-order valence-corrected chi connectivity index (χ4v) is 3.36. The third-order valence-corrected chi connectivity index (χ3v) is 4.15. The maximum Gasteiger partial charge on any atom is 0.241 e. The number of primary sulfonamides is 1. The van der Waals surface area contributed by atoms with Crippen LogP contribution in [0.4, 0.5) is 0 Å². The van der Waals surface area contributed by atoms with Crippen molar-refractivity contribution >= 4 is 10.0 Å². The fourth-order valence-electron chi connectivity index (χ4n) is 2.27. The molecule has 0 aliphatic heterocycles. The largest absolute Gasteiger partial charge is 0.275 e. The van der Waals surface area contributed by atoms with Gasteiger partial charge in [0.2, 0.25) is 10.0 Å². The summed E-state index contributed by atoms with van der Waals surface area (Å²) in [6, 6.07) is 1.88. The number of aromatic nitrogens is 4. The Hall–Kier alpha value is -1.67. The molecular weight excluding hydrogens is 278 g/mol. The van der Waals surface area contributed by atoms with Crippen molar-refractivity contribution in [1.82, 2.24) is 19.6 Å². The minimum atomic E-state index is -3.76. The first-order valence-corrected chi connectivity index (χ1v) is 8.01. The normalized spacial score (nSPS) is 12.0. The topological polar surface area (TPSA) is 95.8 Å². The summed E-state index contributed by atoms with van der Waals surface area (Å²) in [7, 11) is -1.93. The number of sulfonamides is 1. The molecule has 0 amide bonds. The molecule has 2 heterocycles. The van der Waals surface area contributed by atoms with Crippen LogP contribution >= 0.6 is 0 Å². The van der Waals surface area contributed by atoms with E-state index in [1.165, 1.54) is 0 Å². The summed E-state index contributed by atoms with van der Waals surface area (Å²) in [5.41, 5.74) is 1.98. The molecule has 0 aromatic carbocycles. The zero-order chi connectivity index (χ0) is 14.9. The quantitative estimate of drug-likeness (QED) is 0.866. The van der Waals surface area contributed by atoms with Gasteiger partial charge in [0.15, 0.2) is 0 Å². The Balaban J connectivity index is 2.51. The minimum Gasteiger partial charge on any atom is -0.275 e. The highest BCUT2D eigenvalue weighted by Crippen LogP contribution is 2.21. The van der Waals surface area contributed by atoms with Gasteiger partial charge in [-0.05, 0) is 18.9 Å². The van der Waals surface area contributed by atoms with Gasteiger partial charge in [0.1, 0.15) is 4.90 Å². The molecule has 20 heavy (non-hydrogen) atoms. The second-order valence-electron chi connectivity index (χ2n) is 4.61. The maximum atomic E-state index is 11.8. The summed E-state index contributed by atoms with van der Waals surface area (Å²) >= 11 is 0. The Bertz CT molecular complexity index is 714. The van der Waals surface area contributed by atoms with Crippen LogP contribution in [0.3, 0.4) is 0 Å². The number of hydrogen-bond donors (Lipinski definition) is 1. The molecule has 0 saturated heterocycles. The highest BCUT2D eigenvalue weighted by molar-refractivity contribution is 7.89. The van der Waals surface area contributed by atoms with Gasteiger partial charge in [-0.3, -0.25) is 9.36 Å². The molecule has 0 atom stereocenters. The van der Waals surface area contributed by atoms with E-state index in [2.05, 4.69) is 10.2 Å². The Labute approximate surface area is 118 Å². The molecule has 2 aromatic heterocycles. The van der Waals surface area contributed by atoms with Crippen LogP contribution in [0.1, 0.15) is 30.9 Å². The molecule has 0 fully saturated rings. The van der Waals surface area contributed by atoms with Gasteiger partial charge in [0.25, 0.3) is 0 Å². The average molecular weight is 297 g/mol. The molecule has 0 spiro atoms. The SMILES string of the molecule is CCc1nn(Cc2ccn(C)n2)c(CC)c1S(N)(=O)=O. The van der Waals surface area contributed by atoms with Gasteiger partial charge in [-0.25, -0.2) is 13.6 Å². The summed E-state index contributed by atoms with van der Waals surface area (Å²) in [5.74, 6) is 0. The Morgan fingerprint density at radius 1 is 1.25 bits per heavy atom. The van der Waals surface area contributed by atoms with E-state index in [-0.39, 0.29) is 4.90 Å². The van der Waals surface area contributed by atoms with Crippen molar-refractivity contribution in [2.45, 2.75) is 38.1 Å². The minimum absolute atomic E-state index is 0.165. The molecule has 2 rings (SSSR count). The summed E-state index contributed by atoms with van der Waals surface area (Å²) in [6.07, 6.45) is 2.91. The van der Waals surface area contributed by atoms with Crippen molar-refractivity contribution in [2.75, 3.05) is 0 Å². The molecule has 2 aromatic rings. The first kappa shape index (κ1) is 14.7. The molecule has 2 N–H and O–H groups in total. The van der Waals surface area contributed by atoms with Crippen LogP contribution < -0.4 is 5.14 Å². The Morgan fingerprint density at radius 3 is 2.40 bits per heavy atom. The smallest absolute Gasteiger partial charge is 0.241 e. The molecule has 0 bridgehead atoms. The molecular formula is C12H19N5O2S. The monoisotopic (exact) mass is 297 g/mol. The summed E-state index contributed by atoms with van der Waals surface area (Å²) in [5, 5.41) is 14.0. The third-order valence-electron chi connectivity index (χ3n) is 3.11. The zero-order valence-electron chi connectivity index (χ0n) is 11.9. The molecule has 0 aliphatic carbocycles. The van der Waals surface area contributed by atoms with Crippen molar-refractivity contribution in [2.24, 2.45) is 12.2 Å². The predicted molar refractivity (Wildman–Crippen MR) is 74.7 cm³/mol. The number of rotatable bonds is 5. The molecule has 0 radical (unpaired) electrons. The number of nitrogens with zero attached hydrogens (tertiary/aromatic N) is 4. The van der Waals surface area contributed by atoms with Crippen LogP contribution in [-0.4, -0.2) is 28.0 Å². The molecule has 8 heteroatoms. The standard InChI is InChI=1S/C12H19N5O2S/c1-4-10-12(20(13,18)19)11(5-2)17(15-10)8-9-6-7-16(3)14-9/h6-7H,4-5,8H2,1-3H3,(H2,13,18,19). The van der Waals surface area contributed by atoms with E-state index >= 15 is 0 Å². The van der Waals surface area contributed by atoms with Crippen molar-refractivity contribution in [3.05, 3.63) is 29.3 Å². The van der Waals surface area contributed by atoms with Gasteiger partial charge in [0.05, 0.1) is 23.6 Å². The number of nitrogens with two attached hydrogens (primary N) is 1. The van der Waals surface area contributed by atoms with Crippen molar-refractivity contribution in [3.8, 4) is 0 Å². The first-order chi connectivity index (χ1) is 9.36. The van der Waals surface area contributed by atoms with E-state index < -0.39 is 10.0 Å². The molecule has 7 nitrogen and oxygen atoms in total. The van der Waals surface area contributed by atoms with E-state index in [0.717, 1.165) is 5.69 Å². The van der Waals surface area contributed by atoms with Crippen molar-refractivity contribution < 1.29 is 8.42 Å². The summed E-state index contributed by atoms with van der Waals surface area (Å²) < 4.78 is 26.9. The third kappa shape index (κ3) is 2.75. The van der Waals surface area contributed by atoms with E-state index in [9.17, 15) is 8.42 Å². The van der Waals surface area contributed by atoms with Crippen molar-refractivity contribution in [3.63, 3.8) is 0 Å². The van der Waals surface area contributed by atoms with Crippen LogP contribution in [0, 0.1) is 0 Å². The Morgan fingerprint density at radius 2 is 1.95 bits per heavy atom. The second-order valence-corrected chi connectivity index (χ2v) is 6.11. The average Bonchev–Trinajstić information content (AvgIpc) is 2.92. The van der Waals surface area contributed by atoms with Crippen LogP contribution in [0.2, 0.25) is 0 Å². The maximum absolute atomic E-state index is 11.8. The van der Waals surface area contributed by atoms with E-state index in [4.69, 9.17) is 5.14 Å². The van der Waals surface area contributed by atoms with Gasteiger partial charge < -0.3 is 0 Å². The molecule has 0 aliphatic rings. The molecule has 0 saturated carbocycles. The first-order valence-electron chi connectivity index (χ1n) is 6.46. The van der Waals surface area contributed by atoms with Gasteiger partial charge in [0, 0.05) is 13.2 Å². The lowest BCUT2D eigenvalue weighted by Gasteiger charge is -2.05. The van der Waals surface area contributed by atoms with Gasteiger partial charge >= 0.3 is 0 Å². The summed E-state index contributed by atoms with van der Waals surface area (Å²) in [4.78, 5) is 0.165. The number of aryl methyl sites for hydroxylation is 2. The predicted octanol–water partition coefficient (Wildman–Crippen LogP) is 0.437. The zero-order valence-corrected chi connectivity index (χ0v) is 12.7. The van der Waals surface area contributed by atoms with Crippen LogP contribution in [0.25, 0.3) is 0 Å². The second kappa shape index (κ2) is 5.37. The fraction of sp³-hybridized carbons (Fsp3) is 0.500. The highest BCUT2D eigenvalue weighted by Gasteiger charge is 2.24.